The molecule has 2 fully saturated rings. The first kappa shape index (κ1) is 12.2. The SMILES string of the molecule is CC(=O)O[C@H]1[C@H]2OC(=O)C3=COC(=O)[C@@H]([C@@H]32)[C@@]1(C)O. The van der Waals surface area contributed by atoms with E-state index in [1.54, 1.807) is 0 Å². The molecule has 2 aliphatic heterocycles. The van der Waals surface area contributed by atoms with E-state index in [4.69, 9.17) is 14.2 Å². The fourth-order valence-electron chi connectivity index (χ4n) is 3.14. The van der Waals surface area contributed by atoms with Gasteiger partial charge < -0.3 is 19.3 Å². The number of hydrogen-bond donors (Lipinski definition) is 1. The Labute approximate surface area is 108 Å². The highest BCUT2D eigenvalue weighted by molar-refractivity contribution is 5.95. The summed E-state index contributed by atoms with van der Waals surface area (Å²) in [7, 11) is 0. The maximum atomic E-state index is 11.8. The Morgan fingerprint density at radius 2 is 2.16 bits per heavy atom. The molecule has 0 radical (unpaired) electrons. The summed E-state index contributed by atoms with van der Waals surface area (Å²) in [6, 6.07) is 0. The van der Waals surface area contributed by atoms with E-state index >= 15 is 0 Å². The Bertz CT molecular complexity index is 518. The van der Waals surface area contributed by atoms with Gasteiger partial charge in [-0.2, -0.15) is 0 Å². The summed E-state index contributed by atoms with van der Waals surface area (Å²) >= 11 is 0. The van der Waals surface area contributed by atoms with Crippen LogP contribution in [0.2, 0.25) is 0 Å². The zero-order valence-electron chi connectivity index (χ0n) is 10.3. The Kier molecular flexibility index (Phi) is 2.28. The van der Waals surface area contributed by atoms with Crippen LogP contribution in [0.3, 0.4) is 0 Å². The van der Waals surface area contributed by atoms with Crippen molar-refractivity contribution in [3.63, 3.8) is 0 Å². The summed E-state index contributed by atoms with van der Waals surface area (Å²) < 4.78 is 14.9. The number of cyclic esters (lactones) is 1. The minimum atomic E-state index is -1.64. The molecule has 1 N–H and O–H groups in total. The fraction of sp³-hybridized carbons (Fsp3) is 0.583. The number of hydrogen-bond acceptors (Lipinski definition) is 7. The van der Waals surface area contributed by atoms with Crippen LogP contribution < -0.4 is 0 Å². The number of carbonyl (C=O) groups excluding carboxylic acids is 3. The van der Waals surface area contributed by atoms with Crippen molar-refractivity contribution in [1.29, 1.82) is 0 Å². The molecule has 0 bridgehead atoms. The number of esters is 3. The van der Waals surface area contributed by atoms with Crippen molar-refractivity contribution >= 4 is 17.9 Å². The van der Waals surface area contributed by atoms with E-state index in [1.165, 1.54) is 13.8 Å². The van der Waals surface area contributed by atoms with Gasteiger partial charge in [-0.1, -0.05) is 0 Å². The second-order valence-electron chi connectivity index (χ2n) is 5.14. The lowest BCUT2D eigenvalue weighted by Gasteiger charge is -2.32. The van der Waals surface area contributed by atoms with Crippen molar-refractivity contribution in [3.05, 3.63) is 11.8 Å². The lowest BCUT2D eigenvalue weighted by Crippen LogP contribution is -2.49. The van der Waals surface area contributed by atoms with Crippen LogP contribution in [-0.4, -0.2) is 40.8 Å². The van der Waals surface area contributed by atoms with Crippen LogP contribution in [0.1, 0.15) is 13.8 Å². The van der Waals surface area contributed by atoms with E-state index in [2.05, 4.69) is 0 Å². The highest BCUT2D eigenvalue weighted by atomic mass is 16.6. The Morgan fingerprint density at radius 1 is 1.47 bits per heavy atom. The molecule has 0 spiro atoms. The van der Waals surface area contributed by atoms with Gasteiger partial charge in [0.15, 0.2) is 6.10 Å². The second-order valence-corrected chi connectivity index (χ2v) is 5.14. The topological polar surface area (TPSA) is 99.1 Å². The van der Waals surface area contributed by atoms with Crippen LogP contribution in [0.15, 0.2) is 11.8 Å². The van der Waals surface area contributed by atoms with E-state index in [0.717, 1.165) is 6.26 Å². The lowest BCUT2D eigenvalue weighted by molar-refractivity contribution is -0.179. The van der Waals surface area contributed by atoms with Crippen molar-refractivity contribution in [2.75, 3.05) is 0 Å². The molecule has 102 valence electrons. The van der Waals surface area contributed by atoms with Gasteiger partial charge in [-0.15, -0.1) is 0 Å². The molecule has 0 amide bonds. The molecule has 19 heavy (non-hydrogen) atoms. The van der Waals surface area contributed by atoms with Gasteiger partial charge in [-0.05, 0) is 6.92 Å². The molecule has 0 aromatic heterocycles. The third-order valence-electron chi connectivity index (χ3n) is 3.90. The van der Waals surface area contributed by atoms with Crippen molar-refractivity contribution < 1.29 is 33.7 Å². The molecule has 1 saturated carbocycles. The van der Waals surface area contributed by atoms with Gasteiger partial charge >= 0.3 is 17.9 Å². The van der Waals surface area contributed by atoms with Crippen LogP contribution in [0.4, 0.5) is 0 Å². The summed E-state index contributed by atoms with van der Waals surface area (Å²) in [5.41, 5.74) is -1.44. The van der Waals surface area contributed by atoms with E-state index in [9.17, 15) is 19.5 Å². The van der Waals surface area contributed by atoms with Crippen molar-refractivity contribution in [2.45, 2.75) is 31.7 Å². The van der Waals surface area contributed by atoms with Crippen LogP contribution in [0.5, 0.6) is 0 Å². The van der Waals surface area contributed by atoms with Gasteiger partial charge in [0, 0.05) is 6.92 Å². The van der Waals surface area contributed by atoms with E-state index in [1.807, 2.05) is 0 Å². The molecule has 0 aromatic carbocycles. The number of rotatable bonds is 1. The monoisotopic (exact) mass is 268 g/mol. The first-order valence-corrected chi connectivity index (χ1v) is 5.85. The van der Waals surface area contributed by atoms with Gasteiger partial charge in [-0.3, -0.25) is 9.59 Å². The molecular weight excluding hydrogens is 256 g/mol. The molecule has 1 aliphatic carbocycles. The number of carbonyl (C=O) groups is 3. The first-order chi connectivity index (χ1) is 8.84. The Morgan fingerprint density at radius 3 is 2.79 bits per heavy atom. The average molecular weight is 268 g/mol. The van der Waals surface area contributed by atoms with E-state index in [0.29, 0.717) is 0 Å². The molecule has 3 aliphatic rings. The van der Waals surface area contributed by atoms with Gasteiger partial charge in [0.05, 0.1) is 11.5 Å². The van der Waals surface area contributed by atoms with Crippen LogP contribution >= 0.6 is 0 Å². The molecule has 7 heteroatoms. The van der Waals surface area contributed by atoms with E-state index < -0.39 is 47.6 Å². The van der Waals surface area contributed by atoms with Crippen LogP contribution in [0.25, 0.3) is 0 Å². The van der Waals surface area contributed by atoms with Gasteiger partial charge in [-0.25, -0.2) is 4.79 Å². The van der Waals surface area contributed by atoms with Crippen molar-refractivity contribution in [3.8, 4) is 0 Å². The average Bonchev–Trinajstić information content (AvgIpc) is 2.71. The quantitative estimate of drug-likeness (QED) is 0.495. The normalized spacial score (nSPS) is 43.2. The second kappa shape index (κ2) is 3.57. The fourth-order valence-corrected chi connectivity index (χ4v) is 3.14. The zero-order valence-corrected chi connectivity index (χ0v) is 10.3. The summed E-state index contributed by atoms with van der Waals surface area (Å²) in [6.45, 7) is 2.56. The predicted octanol–water partition coefficient (Wildman–Crippen LogP) is -0.719. The van der Waals surface area contributed by atoms with Gasteiger partial charge in [0.25, 0.3) is 0 Å². The Hall–Kier alpha value is -1.89. The third kappa shape index (κ3) is 1.45. The maximum Gasteiger partial charge on any atom is 0.338 e. The van der Waals surface area contributed by atoms with Gasteiger partial charge in [0.1, 0.15) is 23.9 Å². The minimum Gasteiger partial charge on any atom is -0.455 e. The first-order valence-electron chi connectivity index (χ1n) is 5.85. The van der Waals surface area contributed by atoms with Crippen molar-refractivity contribution in [2.24, 2.45) is 11.8 Å². The third-order valence-corrected chi connectivity index (χ3v) is 3.90. The van der Waals surface area contributed by atoms with Gasteiger partial charge in [0.2, 0.25) is 0 Å². The molecule has 0 aromatic rings. The lowest BCUT2D eigenvalue weighted by atomic mass is 9.82. The summed E-state index contributed by atoms with van der Waals surface area (Å²) in [4.78, 5) is 34.6. The molecule has 3 rings (SSSR count). The van der Waals surface area contributed by atoms with Crippen LogP contribution in [0, 0.1) is 11.8 Å². The molecule has 7 nitrogen and oxygen atoms in total. The maximum absolute atomic E-state index is 11.8. The number of ether oxygens (including phenoxy) is 3. The molecule has 5 atom stereocenters. The van der Waals surface area contributed by atoms with Crippen molar-refractivity contribution in [1.82, 2.24) is 0 Å². The predicted molar refractivity (Wildman–Crippen MR) is 57.2 cm³/mol. The molecule has 0 unspecified atom stereocenters. The molecule has 2 heterocycles. The standard InChI is InChI=1S/C12H12O7/c1-4(13)18-9-8-6-5(10(14)19-8)3-17-11(15)7(6)12(9,2)16/h3,6-9,16H,1-2H3/t6-,7-,8+,9+,12-/m1/s1. The summed E-state index contributed by atoms with van der Waals surface area (Å²) in [5.74, 6) is -3.50. The zero-order chi connectivity index (χ0) is 13.9. The highest BCUT2D eigenvalue weighted by Gasteiger charge is 2.69. The van der Waals surface area contributed by atoms with E-state index in [-0.39, 0.29) is 5.57 Å². The highest BCUT2D eigenvalue weighted by Crippen LogP contribution is 2.52. The van der Waals surface area contributed by atoms with Crippen LogP contribution in [-0.2, 0) is 28.6 Å². The largest absolute Gasteiger partial charge is 0.455 e. The Balaban J connectivity index is 2.07. The number of aliphatic hydroxyl groups is 1. The summed E-state index contributed by atoms with van der Waals surface area (Å²) in [6.07, 6.45) is -0.881. The minimum absolute atomic E-state index is 0.199. The molecule has 1 saturated heterocycles. The smallest absolute Gasteiger partial charge is 0.338 e. The summed E-state index contributed by atoms with van der Waals surface area (Å²) in [5, 5.41) is 10.5. The molecular formula is C12H12O7.